The summed E-state index contributed by atoms with van der Waals surface area (Å²) in [5, 5.41) is 20.1. The summed E-state index contributed by atoms with van der Waals surface area (Å²) in [5.41, 5.74) is 2.12. The number of aromatic amines is 1. The van der Waals surface area contributed by atoms with Crippen molar-refractivity contribution >= 4 is 17.3 Å². The van der Waals surface area contributed by atoms with Gasteiger partial charge in [-0.25, -0.2) is 0 Å². The number of hydrogen-bond donors (Lipinski definition) is 3. The summed E-state index contributed by atoms with van der Waals surface area (Å²) in [6, 6.07) is 8.19. The van der Waals surface area contributed by atoms with Crippen molar-refractivity contribution in [2.75, 3.05) is 36.5 Å². The first-order valence-corrected chi connectivity index (χ1v) is 8.10. The molecule has 1 saturated carbocycles. The van der Waals surface area contributed by atoms with Gasteiger partial charge >= 0.3 is 0 Å². The number of hydrogen-bond acceptors (Lipinski definition) is 6. The van der Waals surface area contributed by atoms with E-state index in [2.05, 4.69) is 37.5 Å². The van der Waals surface area contributed by atoms with E-state index in [-0.39, 0.29) is 0 Å². The fourth-order valence-electron chi connectivity index (χ4n) is 2.80. The second-order valence-electron chi connectivity index (χ2n) is 6.10. The van der Waals surface area contributed by atoms with Crippen molar-refractivity contribution in [3.63, 3.8) is 0 Å². The van der Waals surface area contributed by atoms with Crippen molar-refractivity contribution in [1.82, 2.24) is 15.2 Å². The summed E-state index contributed by atoms with van der Waals surface area (Å²) in [6.45, 7) is 3.42. The van der Waals surface area contributed by atoms with Gasteiger partial charge in [0.25, 0.3) is 0 Å². The molecule has 1 saturated heterocycles. The van der Waals surface area contributed by atoms with Gasteiger partial charge in [-0.2, -0.15) is 4.98 Å². The number of H-pyrrole nitrogens is 1. The molecule has 7 heteroatoms. The molecule has 1 aliphatic heterocycles. The third-order valence-electron chi connectivity index (χ3n) is 4.35. The predicted octanol–water partition coefficient (Wildman–Crippen LogP) is 1.83. The molecule has 0 bridgehead atoms. The lowest BCUT2D eigenvalue weighted by atomic mass is 10.2. The molecule has 0 spiro atoms. The van der Waals surface area contributed by atoms with Crippen molar-refractivity contribution < 1.29 is 9.84 Å². The summed E-state index contributed by atoms with van der Waals surface area (Å²) in [7, 11) is 0. The number of benzene rings is 1. The van der Waals surface area contributed by atoms with E-state index in [0.29, 0.717) is 17.7 Å². The second-order valence-corrected chi connectivity index (χ2v) is 6.10. The Morgan fingerprint density at radius 1 is 1.22 bits per heavy atom. The van der Waals surface area contributed by atoms with Gasteiger partial charge < -0.3 is 20.1 Å². The lowest BCUT2D eigenvalue weighted by molar-refractivity contribution is 0.122. The Labute approximate surface area is 134 Å². The molecule has 7 nitrogen and oxygen atoms in total. The number of anilines is 3. The first-order chi connectivity index (χ1) is 11.3. The van der Waals surface area contributed by atoms with E-state index in [1.54, 1.807) is 0 Å². The van der Waals surface area contributed by atoms with Crippen LogP contribution in [0.4, 0.5) is 17.3 Å². The van der Waals surface area contributed by atoms with Crippen LogP contribution in [-0.2, 0) is 4.74 Å². The zero-order valence-corrected chi connectivity index (χ0v) is 12.9. The first-order valence-electron chi connectivity index (χ1n) is 8.10. The highest BCUT2D eigenvalue weighted by Crippen LogP contribution is 2.39. The number of nitrogens with zero attached hydrogens (tertiary/aromatic N) is 3. The third-order valence-corrected chi connectivity index (χ3v) is 4.35. The number of rotatable bonds is 5. The molecule has 122 valence electrons. The normalized spacial score (nSPS) is 19.6. The van der Waals surface area contributed by atoms with E-state index in [1.165, 1.54) is 5.69 Å². The van der Waals surface area contributed by atoms with E-state index in [4.69, 9.17) is 4.74 Å². The van der Waals surface area contributed by atoms with Crippen LogP contribution < -0.4 is 10.2 Å². The molecule has 23 heavy (non-hydrogen) atoms. The van der Waals surface area contributed by atoms with Gasteiger partial charge in [0, 0.05) is 24.5 Å². The maximum Gasteiger partial charge on any atom is 0.246 e. The average molecular weight is 315 g/mol. The van der Waals surface area contributed by atoms with Crippen LogP contribution in [0.1, 0.15) is 24.8 Å². The summed E-state index contributed by atoms with van der Waals surface area (Å²) in [4.78, 5) is 6.63. The lowest BCUT2D eigenvalue weighted by Gasteiger charge is -2.28. The molecule has 2 aromatic rings. The van der Waals surface area contributed by atoms with Gasteiger partial charge in [0.1, 0.15) is 6.10 Å². The van der Waals surface area contributed by atoms with Crippen LogP contribution in [0.15, 0.2) is 24.3 Å². The van der Waals surface area contributed by atoms with Gasteiger partial charge in [0.2, 0.25) is 5.95 Å². The predicted molar refractivity (Wildman–Crippen MR) is 86.8 cm³/mol. The molecule has 2 heterocycles. The number of aromatic nitrogens is 3. The molecular formula is C16H21N5O2. The Balaban J connectivity index is 1.40. The third kappa shape index (κ3) is 3.30. The van der Waals surface area contributed by atoms with Crippen molar-refractivity contribution in [3.8, 4) is 0 Å². The standard InChI is InChI=1S/C16H21N5O2/c22-14(11-1-2-11)15-18-16(20-19-15)17-12-3-5-13(6-4-12)21-7-9-23-10-8-21/h3-6,11,14,22H,1-2,7-10H2,(H2,17,18,19,20). The minimum atomic E-state index is -0.526. The Morgan fingerprint density at radius 2 is 1.96 bits per heavy atom. The molecule has 4 rings (SSSR count). The van der Waals surface area contributed by atoms with Crippen LogP contribution in [0.25, 0.3) is 0 Å². The van der Waals surface area contributed by atoms with Gasteiger partial charge in [0.15, 0.2) is 5.82 Å². The van der Waals surface area contributed by atoms with Gasteiger partial charge in [-0.1, -0.05) is 0 Å². The lowest BCUT2D eigenvalue weighted by Crippen LogP contribution is -2.36. The van der Waals surface area contributed by atoms with Gasteiger partial charge in [-0.15, -0.1) is 5.10 Å². The Morgan fingerprint density at radius 3 is 2.65 bits per heavy atom. The van der Waals surface area contributed by atoms with Crippen LogP contribution in [0.3, 0.4) is 0 Å². The van der Waals surface area contributed by atoms with Crippen LogP contribution in [-0.4, -0.2) is 46.6 Å². The van der Waals surface area contributed by atoms with Crippen LogP contribution in [0, 0.1) is 5.92 Å². The Hall–Kier alpha value is -2.12. The first kappa shape index (κ1) is 14.5. The molecule has 3 N–H and O–H groups in total. The van der Waals surface area contributed by atoms with Crippen LogP contribution in [0.2, 0.25) is 0 Å². The number of aliphatic hydroxyl groups is 1. The van der Waals surface area contributed by atoms with E-state index in [9.17, 15) is 5.11 Å². The van der Waals surface area contributed by atoms with E-state index in [1.807, 2.05) is 12.1 Å². The van der Waals surface area contributed by atoms with Crippen LogP contribution >= 0.6 is 0 Å². The van der Waals surface area contributed by atoms with Crippen molar-refractivity contribution in [3.05, 3.63) is 30.1 Å². The highest BCUT2D eigenvalue weighted by atomic mass is 16.5. The van der Waals surface area contributed by atoms with Crippen molar-refractivity contribution in [2.24, 2.45) is 5.92 Å². The fraction of sp³-hybridized carbons (Fsp3) is 0.500. The van der Waals surface area contributed by atoms with E-state index >= 15 is 0 Å². The quantitative estimate of drug-likeness (QED) is 0.780. The molecule has 2 aliphatic rings. The number of aliphatic hydroxyl groups excluding tert-OH is 1. The topological polar surface area (TPSA) is 86.3 Å². The molecule has 1 atom stereocenters. The summed E-state index contributed by atoms with van der Waals surface area (Å²) in [6.07, 6.45) is 1.60. The highest BCUT2D eigenvalue weighted by molar-refractivity contribution is 5.59. The molecule has 1 aromatic carbocycles. The minimum Gasteiger partial charge on any atom is -0.385 e. The fourth-order valence-corrected chi connectivity index (χ4v) is 2.80. The smallest absolute Gasteiger partial charge is 0.246 e. The van der Waals surface area contributed by atoms with Crippen LogP contribution in [0.5, 0.6) is 0 Å². The Kier molecular flexibility index (Phi) is 3.88. The molecule has 1 unspecified atom stereocenters. The summed E-state index contributed by atoms with van der Waals surface area (Å²) >= 11 is 0. The molecule has 1 aromatic heterocycles. The molecule has 1 aliphatic carbocycles. The largest absolute Gasteiger partial charge is 0.385 e. The maximum atomic E-state index is 10.0. The van der Waals surface area contributed by atoms with Crippen molar-refractivity contribution in [2.45, 2.75) is 18.9 Å². The average Bonchev–Trinajstić information content (AvgIpc) is 3.35. The molecule has 0 amide bonds. The second kappa shape index (κ2) is 6.17. The summed E-state index contributed by atoms with van der Waals surface area (Å²) < 4.78 is 5.37. The molecule has 2 fully saturated rings. The summed E-state index contributed by atoms with van der Waals surface area (Å²) in [5.74, 6) is 1.36. The van der Waals surface area contributed by atoms with Gasteiger partial charge in [-0.05, 0) is 43.0 Å². The number of morpholine rings is 1. The van der Waals surface area contributed by atoms with E-state index in [0.717, 1.165) is 44.8 Å². The Bertz CT molecular complexity index is 647. The zero-order valence-electron chi connectivity index (χ0n) is 12.9. The minimum absolute atomic E-state index is 0.337. The van der Waals surface area contributed by atoms with Crippen molar-refractivity contribution in [1.29, 1.82) is 0 Å². The SMILES string of the molecule is OC(c1nc(Nc2ccc(N3CCOCC3)cc2)n[nH]1)C1CC1. The zero-order chi connectivity index (χ0) is 15.6. The van der Waals surface area contributed by atoms with Gasteiger partial charge in [-0.3, -0.25) is 5.10 Å². The monoisotopic (exact) mass is 315 g/mol. The highest BCUT2D eigenvalue weighted by Gasteiger charge is 2.32. The maximum absolute atomic E-state index is 10.0. The molecular weight excluding hydrogens is 294 g/mol. The van der Waals surface area contributed by atoms with Gasteiger partial charge in [0.05, 0.1) is 13.2 Å². The number of nitrogens with one attached hydrogen (secondary N) is 2. The van der Waals surface area contributed by atoms with E-state index < -0.39 is 6.10 Å². The molecule has 0 radical (unpaired) electrons. The number of ether oxygens (including phenoxy) is 1.